The molecule has 5 heteroatoms. The van der Waals surface area contributed by atoms with E-state index < -0.39 is 11.8 Å². The molecule has 1 rings (SSSR count). The lowest BCUT2D eigenvalue weighted by molar-refractivity contribution is 0.0691. The molecule has 0 unspecified atom stereocenters. The van der Waals surface area contributed by atoms with E-state index in [4.69, 9.17) is 9.84 Å². The number of halogens is 1. The van der Waals surface area contributed by atoms with Gasteiger partial charge >= 0.3 is 5.97 Å². The number of hydrogen-bond acceptors (Lipinski definition) is 3. The molecular weight excluding hydrogens is 243 g/mol. The standard InChI is InChI=1S/C12H15FO3S/c1-2-17-8-4-7-16-11-9(12(14)15)5-3-6-10(11)13/h3,5-6H,2,4,7-8H2,1H3,(H,14,15). The first-order valence-corrected chi connectivity index (χ1v) is 6.54. The van der Waals surface area contributed by atoms with Crippen LogP contribution in [0.15, 0.2) is 18.2 Å². The summed E-state index contributed by atoms with van der Waals surface area (Å²) in [6.07, 6.45) is 0.770. The number of aromatic carboxylic acids is 1. The van der Waals surface area contributed by atoms with Crippen LogP contribution in [-0.2, 0) is 0 Å². The fourth-order valence-electron chi connectivity index (χ4n) is 1.30. The Morgan fingerprint density at radius 1 is 1.53 bits per heavy atom. The molecule has 1 aromatic rings. The van der Waals surface area contributed by atoms with Gasteiger partial charge in [0.1, 0.15) is 5.56 Å². The van der Waals surface area contributed by atoms with E-state index in [1.165, 1.54) is 18.2 Å². The van der Waals surface area contributed by atoms with E-state index in [1.54, 1.807) is 11.8 Å². The van der Waals surface area contributed by atoms with E-state index in [2.05, 4.69) is 6.92 Å². The molecule has 1 N–H and O–H groups in total. The van der Waals surface area contributed by atoms with E-state index in [9.17, 15) is 9.18 Å². The van der Waals surface area contributed by atoms with Crippen LogP contribution in [0.4, 0.5) is 4.39 Å². The molecule has 0 saturated heterocycles. The van der Waals surface area contributed by atoms with E-state index in [0.29, 0.717) is 6.61 Å². The molecule has 0 aromatic heterocycles. The highest BCUT2D eigenvalue weighted by Crippen LogP contribution is 2.22. The van der Waals surface area contributed by atoms with Crippen LogP contribution >= 0.6 is 11.8 Å². The molecule has 0 aliphatic heterocycles. The van der Waals surface area contributed by atoms with Crippen molar-refractivity contribution in [2.24, 2.45) is 0 Å². The summed E-state index contributed by atoms with van der Waals surface area (Å²) in [6, 6.07) is 3.89. The van der Waals surface area contributed by atoms with Gasteiger partial charge in [-0.2, -0.15) is 11.8 Å². The van der Waals surface area contributed by atoms with Gasteiger partial charge in [0.2, 0.25) is 0 Å². The van der Waals surface area contributed by atoms with Gasteiger partial charge in [0.05, 0.1) is 6.61 Å². The second-order valence-electron chi connectivity index (χ2n) is 3.32. The smallest absolute Gasteiger partial charge is 0.339 e. The van der Waals surface area contributed by atoms with Crippen LogP contribution in [0.5, 0.6) is 5.75 Å². The Balaban J connectivity index is 2.60. The van der Waals surface area contributed by atoms with Gasteiger partial charge in [0.15, 0.2) is 11.6 Å². The highest BCUT2D eigenvalue weighted by molar-refractivity contribution is 7.99. The molecule has 17 heavy (non-hydrogen) atoms. The summed E-state index contributed by atoms with van der Waals surface area (Å²) in [5.41, 5.74) is -0.131. The molecular formula is C12H15FO3S. The molecule has 0 heterocycles. The van der Waals surface area contributed by atoms with Crippen LogP contribution in [0, 0.1) is 5.82 Å². The van der Waals surface area contributed by atoms with Crippen molar-refractivity contribution in [3.05, 3.63) is 29.6 Å². The number of carboxylic acid groups (broad SMARTS) is 1. The Kier molecular flexibility index (Phi) is 5.83. The average molecular weight is 258 g/mol. The summed E-state index contributed by atoms with van der Waals surface area (Å²) in [7, 11) is 0. The van der Waals surface area contributed by atoms with E-state index >= 15 is 0 Å². The van der Waals surface area contributed by atoms with Crippen LogP contribution in [0.25, 0.3) is 0 Å². The monoisotopic (exact) mass is 258 g/mol. The second kappa shape index (κ2) is 7.17. The van der Waals surface area contributed by atoms with Crippen molar-refractivity contribution in [1.82, 2.24) is 0 Å². The van der Waals surface area contributed by atoms with Crippen molar-refractivity contribution >= 4 is 17.7 Å². The molecule has 0 bridgehead atoms. The Hall–Kier alpha value is -1.23. The summed E-state index contributed by atoms with van der Waals surface area (Å²) < 4.78 is 18.6. The number of rotatable bonds is 7. The predicted molar refractivity (Wildman–Crippen MR) is 66.5 cm³/mol. The first kappa shape index (κ1) is 13.8. The van der Waals surface area contributed by atoms with Crippen LogP contribution in [0.1, 0.15) is 23.7 Å². The normalized spacial score (nSPS) is 10.2. The fraction of sp³-hybridized carbons (Fsp3) is 0.417. The van der Waals surface area contributed by atoms with Gasteiger partial charge < -0.3 is 9.84 Å². The van der Waals surface area contributed by atoms with E-state index in [1.807, 2.05) is 0 Å². The summed E-state index contributed by atoms with van der Waals surface area (Å²) in [5, 5.41) is 8.88. The fourth-order valence-corrected chi connectivity index (χ4v) is 1.91. The Morgan fingerprint density at radius 2 is 2.29 bits per heavy atom. The number of hydrogen-bond donors (Lipinski definition) is 1. The minimum absolute atomic E-state index is 0.131. The van der Waals surface area contributed by atoms with Gasteiger partial charge in [-0.05, 0) is 30.1 Å². The van der Waals surface area contributed by atoms with Crippen LogP contribution in [0.3, 0.4) is 0 Å². The Bertz CT molecular complexity index is 382. The quantitative estimate of drug-likeness (QED) is 0.764. The molecule has 0 radical (unpaired) electrons. The third kappa shape index (κ3) is 4.26. The maximum absolute atomic E-state index is 13.4. The molecule has 0 aliphatic carbocycles. The number of benzene rings is 1. The van der Waals surface area contributed by atoms with Gasteiger partial charge in [-0.15, -0.1) is 0 Å². The van der Waals surface area contributed by atoms with E-state index in [0.717, 1.165) is 17.9 Å². The largest absolute Gasteiger partial charge is 0.490 e. The predicted octanol–water partition coefficient (Wildman–Crippen LogP) is 3.05. The zero-order chi connectivity index (χ0) is 12.7. The summed E-state index contributed by atoms with van der Waals surface area (Å²) in [4.78, 5) is 10.9. The van der Waals surface area contributed by atoms with Crippen LogP contribution < -0.4 is 4.74 Å². The molecule has 0 fully saturated rings. The van der Waals surface area contributed by atoms with Gasteiger partial charge in [0.25, 0.3) is 0 Å². The Labute approximate surface area is 104 Å². The molecule has 0 atom stereocenters. The van der Waals surface area contributed by atoms with Gasteiger partial charge in [-0.1, -0.05) is 13.0 Å². The molecule has 0 amide bonds. The number of para-hydroxylation sites is 1. The third-order valence-corrected chi connectivity index (χ3v) is 3.07. The van der Waals surface area contributed by atoms with Crippen molar-refractivity contribution in [3.8, 4) is 5.75 Å². The molecule has 1 aromatic carbocycles. The highest BCUT2D eigenvalue weighted by Gasteiger charge is 2.15. The lowest BCUT2D eigenvalue weighted by atomic mass is 10.2. The maximum atomic E-state index is 13.4. The number of carbonyl (C=O) groups is 1. The molecule has 94 valence electrons. The number of thioether (sulfide) groups is 1. The SMILES string of the molecule is CCSCCCOc1c(F)cccc1C(=O)O. The van der Waals surface area contributed by atoms with Crippen molar-refractivity contribution < 1.29 is 19.0 Å². The molecule has 0 aliphatic rings. The first-order valence-electron chi connectivity index (χ1n) is 5.39. The minimum Gasteiger partial charge on any atom is -0.490 e. The van der Waals surface area contributed by atoms with Crippen molar-refractivity contribution in [2.75, 3.05) is 18.1 Å². The number of carboxylic acids is 1. The third-order valence-electron chi connectivity index (χ3n) is 2.08. The first-order chi connectivity index (χ1) is 8.16. The van der Waals surface area contributed by atoms with Crippen molar-refractivity contribution in [1.29, 1.82) is 0 Å². The van der Waals surface area contributed by atoms with Crippen molar-refractivity contribution in [2.45, 2.75) is 13.3 Å². The summed E-state index contributed by atoms with van der Waals surface area (Å²) in [6.45, 7) is 2.39. The zero-order valence-electron chi connectivity index (χ0n) is 9.61. The van der Waals surface area contributed by atoms with Crippen LogP contribution in [0.2, 0.25) is 0 Å². The van der Waals surface area contributed by atoms with Gasteiger partial charge in [-0.3, -0.25) is 0 Å². The lowest BCUT2D eigenvalue weighted by Crippen LogP contribution is -2.07. The second-order valence-corrected chi connectivity index (χ2v) is 4.71. The minimum atomic E-state index is -1.18. The van der Waals surface area contributed by atoms with Gasteiger partial charge in [0, 0.05) is 0 Å². The van der Waals surface area contributed by atoms with E-state index in [-0.39, 0.29) is 11.3 Å². The highest BCUT2D eigenvalue weighted by atomic mass is 32.2. The zero-order valence-corrected chi connectivity index (χ0v) is 10.4. The molecule has 3 nitrogen and oxygen atoms in total. The average Bonchev–Trinajstić information content (AvgIpc) is 2.30. The number of ether oxygens (including phenoxy) is 1. The molecule has 0 spiro atoms. The Morgan fingerprint density at radius 3 is 2.94 bits per heavy atom. The maximum Gasteiger partial charge on any atom is 0.339 e. The van der Waals surface area contributed by atoms with Crippen molar-refractivity contribution in [3.63, 3.8) is 0 Å². The van der Waals surface area contributed by atoms with Gasteiger partial charge in [-0.25, -0.2) is 9.18 Å². The summed E-state index contributed by atoms with van der Waals surface area (Å²) in [5.74, 6) is -0.0232. The lowest BCUT2D eigenvalue weighted by Gasteiger charge is -2.09. The summed E-state index contributed by atoms with van der Waals surface area (Å²) >= 11 is 1.77. The molecule has 0 saturated carbocycles. The topological polar surface area (TPSA) is 46.5 Å². The van der Waals surface area contributed by atoms with Crippen LogP contribution in [-0.4, -0.2) is 29.2 Å².